The van der Waals surface area contributed by atoms with Gasteiger partial charge in [-0.25, -0.2) is 0 Å². The van der Waals surface area contributed by atoms with E-state index >= 15 is 0 Å². The predicted octanol–water partition coefficient (Wildman–Crippen LogP) is 1.25. The average molecular weight is 265 g/mol. The molecule has 2 atom stereocenters. The standard InChI is InChI=1S/C15H27N3O/c16-12-5-3-11(4-6-12)10-15(19)17-13-7-9-18-8-1-2-14(13)18/h11-14H,1-10,16H2,(H,17,19). The Hall–Kier alpha value is -0.610. The molecular weight excluding hydrogens is 238 g/mol. The number of amides is 1. The van der Waals surface area contributed by atoms with E-state index in [-0.39, 0.29) is 5.91 Å². The zero-order valence-electron chi connectivity index (χ0n) is 11.8. The van der Waals surface area contributed by atoms with Crippen molar-refractivity contribution in [1.82, 2.24) is 10.2 Å². The molecule has 0 bridgehead atoms. The van der Waals surface area contributed by atoms with Gasteiger partial charge in [0.15, 0.2) is 0 Å². The van der Waals surface area contributed by atoms with Gasteiger partial charge in [0.2, 0.25) is 5.91 Å². The number of hydrogen-bond donors (Lipinski definition) is 2. The van der Waals surface area contributed by atoms with Crippen molar-refractivity contribution >= 4 is 5.91 Å². The monoisotopic (exact) mass is 265 g/mol. The number of carbonyl (C=O) groups excluding carboxylic acids is 1. The normalized spacial score (nSPS) is 39.2. The van der Waals surface area contributed by atoms with Crippen molar-refractivity contribution < 1.29 is 4.79 Å². The van der Waals surface area contributed by atoms with E-state index in [1.54, 1.807) is 0 Å². The summed E-state index contributed by atoms with van der Waals surface area (Å²) in [5.41, 5.74) is 5.91. The van der Waals surface area contributed by atoms with E-state index in [0.29, 0.717) is 24.0 Å². The van der Waals surface area contributed by atoms with E-state index in [4.69, 9.17) is 5.73 Å². The summed E-state index contributed by atoms with van der Waals surface area (Å²) in [5, 5.41) is 3.30. The van der Waals surface area contributed by atoms with Gasteiger partial charge in [0, 0.05) is 31.1 Å². The molecule has 0 aromatic carbocycles. The Morgan fingerprint density at radius 3 is 2.68 bits per heavy atom. The minimum atomic E-state index is 0.277. The molecule has 1 saturated carbocycles. The molecule has 3 fully saturated rings. The van der Waals surface area contributed by atoms with Gasteiger partial charge in [0.1, 0.15) is 0 Å². The van der Waals surface area contributed by atoms with Crippen molar-refractivity contribution in [1.29, 1.82) is 0 Å². The maximum atomic E-state index is 12.2. The topological polar surface area (TPSA) is 58.4 Å². The molecule has 4 heteroatoms. The Labute approximate surface area is 116 Å². The SMILES string of the molecule is NC1CCC(CC(=O)NC2CCN3CCCC23)CC1. The van der Waals surface area contributed by atoms with Crippen LogP contribution in [0.2, 0.25) is 0 Å². The highest BCUT2D eigenvalue weighted by Gasteiger charge is 2.37. The van der Waals surface area contributed by atoms with Crippen LogP contribution in [0.1, 0.15) is 51.4 Å². The molecule has 1 aliphatic carbocycles. The van der Waals surface area contributed by atoms with Crippen molar-refractivity contribution in [2.45, 2.75) is 69.5 Å². The second kappa shape index (κ2) is 5.80. The second-order valence-corrected chi connectivity index (χ2v) is 6.69. The van der Waals surface area contributed by atoms with Crippen molar-refractivity contribution in [3.63, 3.8) is 0 Å². The Morgan fingerprint density at radius 1 is 1.11 bits per heavy atom. The van der Waals surface area contributed by atoms with Crippen LogP contribution in [0.15, 0.2) is 0 Å². The third-order valence-corrected chi connectivity index (χ3v) is 5.32. The fraction of sp³-hybridized carbons (Fsp3) is 0.933. The van der Waals surface area contributed by atoms with E-state index in [0.717, 1.165) is 38.5 Å². The molecule has 1 amide bonds. The van der Waals surface area contributed by atoms with Gasteiger partial charge in [-0.2, -0.15) is 0 Å². The van der Waals surface area contributed by atoms with Crippen LogP contribution in [0, 0.1) is 5.92 Å². The van der Waals surface area contributed by atoms with Crippen LogP contribution in [0.5, 0.6) is 0 Å². The van der Waals surface area contributed by atoms with E-state index < -0.39 is 0 Å². The molecule has 2 saturated heterocycles. The Morgan fingerprint density at radius 2 is 1.89 bits per heavy atom. The zero-order chi connectivity index (χ0) is 13.2. The number of nitrogens with two attached hydrogens (primary N) is 1. The van der Waals surface area contributed by atoms with Crippen LogP contribution in [0.3, 0.4) is 0 Å². The molecule has 2 aliphatic heterocycles. The molecule has 3 aliphatic rings. The van der Waals surface area contributed by atoms with Gasteiger partial charge in [-0.3, -0.25) is 9.69 Å². The number of rotatable bonds is 3. The lowest BCUT2D eigenvalue weighted by molar-refractivity contribution is -0.123. The lowest BCUT2D eigenvalue weighted by Gasteiger charge is -2.27. The maximum absolute atomic E-state index is 12.2. The van der Waals surface area contributed by atoms with Crippen molar-refractivity contribution in [2.75, 3.05) is 13.1 Å². The van der Waals surface area contributed by atoms with Gasteiger partial charge in [0.25, 0.3) is 0 Å². The van der Waals surface area contributed by atoms with Gasteiger partial charge >= 0.3 is 0 Å². The number of fused-ring (bicyclic) bond motifs is 1. The molecule has 2 heterocycles. The van der Waals surface area contributed by atoms with Crippen LogP contribution in [-0.4, -0.2) is 42.0 Å². The summed E-state index contributed by atoms with van der Waals surface area (Å²) in [6.07, 6.45) is 8.89. The number of carbonyl (C=O) groups is 1. The minimum absolute atomic E-state index is 0.277. The molecule has 19 heavy (non-hydrogen) atoms. The summed E-state index contributed by atoms with van der Waals surface area (Å²) in [6.45, 7) is 2.41. The fourth-order valence-electron chi connectivity index (χ4n) is 4.17. The van der Waals surface area contributed by atoms with Crippen LogP contribution in [0.4, 0.5) is 0 Å². The highest BCUT2D eigenvalue weighted by atomic mass is 16.1. The zero-order valence-corrected chi connectivity index (χ0v) is 11.8. The van der Waals surface area contributed by atoms with Gasteiger partial charge in [-0.15, -0.1) is 0 Å². The average Bonchev–Trinajstić information content (AvgIpc) is 2.97. The number of nitrogens with zero attached hydrogens (tertiary/aromatic N) is 1. The first-order chi connectivity index (χ1) is 9.22. The van der Waals surface area contributed by atoms with Gasteiger partial charge in [0.05, 0.1) is 0 Å². The largest absolute Gasteiger partial charge is 0.352 e. The molecule has 0 spiro atoms. The first-order valence-corrected chi connectivity index (χ1v) is 8.01. The summed E-state index contributed by atoms with van der Waals surface area (Å²) in [7, 11) is 0. The number of hydrogen-bond acceptors (Lipinski definition) is 3. The Balaban J connectivity index is 1.44. The second-order valence-electron chi connectivity index (χ2n) is 6.69. The summed E-state index contributed by atoms with van der Waals surface area (Å²) >= 11 is 0. The molecule has 2 unspecified atom stereocenters. The fourth-order valence-corrected chi connectivity index (χ4v) is 4.17. The van der Waals surface area contributed by atoms with E-state index in [1.807, 2.05) is 0 Å². The highest BCUT2D eigenvalue weighted by molar-refractivity contribution is 5.76. The molecular formula is C15H27N3O. The molecule has 4 nitrogen and oxygen atoms in total. The third kappa shape index (κ3) is 3.11. The number of nitrogens with one attached hydrogen (secondary N) is 1. The van der Waals surface area contributed by atoms with Crippen LogP contribution in [0.25, 0.3) is 0 Å². The first kappa shape index (κ1) is 13.4. The van der Waals surface area contributed by atoms with Crippen molar-refractivity contribution in [3.05, 3.63) is 0 Å². The van der Waals surface area contributed by atoms with Crippen LogP contribution in [-0.2, 0) is 4.79 Å². The summed E-state index contributed by atoms with van der Waals surface area (Å²) in [4.78, 5) is 14.7. The molecule has 3 N–H and O–H groups in total. The lowest BCUT2D eigenvalue weighted by Crippen LogP contribution is -2.43. The minimum Gasteiger partial charge on any atom is -0.352 e. The highest BCUT2D eigenvalue weighted by Crippen LogP contribution is 2.29. The van der Waals surface area contributed by atoms with E-state index in [9.17, 15) is 4.79 Å². The maximum Gasteiger partial charge on any atom is 0.220 e. The van der Waals surface area contributed by atoms with Gasteiger partial charge in [-0.1, -0.05) is 0 Å². The predicted molar refractivity (Wildman–Crippen MR) is 75.7 cm³/mol. The first-order valence-electron chi connectivity index (χ1n) is 8.01. The van der Waals surface area contributed by atoms with Crippen molar-refractivity contribution in [3.8, 4) is 0 Å². The van der Waals surface area contributed by atoms with Gasteiger partial charge < -0.3 is 11.1 Å². The van der Waals surface area contributed by atoms with Crippen LogP contribution < -0.4 is 11.1 Å². The lowest BCUT2D eigenvalue weighted by atomic mass is 9.84. The molecule has 3 rings (SSSR count). The molecule has 108 valence electrons. The smallest absolute Gasteiger partial charge is 0.220 e. The third-order valence-electron chi connectivity index (χ3n) is 5.32. The summed E-state index contributed by atoms with van der Waals surface area (Å²) in [5.74, 6) is 0.847. The van der Waals surface area contributed by atoms with Gasteiger partial charge in [-0.05, 0) is 57.4 Å². The van der Waals surface area contributed by atoms with Crippen molar-refractivity contribution in [2.24, 2.45) is 11.7 Å². The van der Waals surface area contributed by atoms with Crippen LogP contribution >= 0.6 is 0 Å². The van der Waals surface area contributed by atoms with E-state index in [1.165, 1.54) is 25.9 Å². The van der Waals surface area contributed by atoms with E-state index in [2.05, 4.69) is 10.2 Å². The molecule has 0 radical (unpaired) electrons. The summed E-state index contributed by atoms with van der Waals surface area (Å²) in [6, 6.07) is 1.42. The molecule has 0 aromatic heterocycles. The Kier molecular flexibility index (Phi) is 4.08. The molecule has 0 aromatic rings. The quantitative estimate of drug-likeness (QED) is 0.807. The Bertz CT molecular complexity index is 325. The summed E-state index contributed by atoms with van der Waals surface area (Å²) < 4.78 is 0.